The van der Waals surface area contributed by atoms with E-state index < -0.39 is 0 Å². The van der Waals surface area contributed by atoms with Gasteiger partial charge in [0.15, 0.2) is 11.2 Å². The van der Waals surface area contributed by atoms with Crippen molar-refractivity contribution in [1.29, 1.82) is 0 Å². The van der Waals surface area contributed by atoms with Crippen LogP contribution in [0.3, 0.4) is 0 Å². The Bertz CT molecular complexity index is 1200. The Hall–Kier alpha value is -3.17. The van der Waals surface area contributed by atoms with Crippen molar-refractivity contribution in [3.63, 3.8) is 0 Å². The van der Waals surface area contributed by atoms with E-state index in [4.69, 9.17) is 16.3 Å². The van der Waals surface area contributed by atoms with Crippen molar-refractivity contribution in [2.45, 2.75) is 11.6 Å². The summed E-state index contributed by atoms with van der Waals surface area (Å²) in [5, 5.41) is 12.5. The summed E-state index contributed by atoms with van der Waals surface area (Å²) in [6.07, 6.45) is 1.44. The fourth-order valence-corrected chi connectivity index (χ4v) is 3.73. The largest absolute Gasteiger partial charge is 0.497 e. The number of amides is 1. The van der Waals surface area contributed by atoms with E-state index in [9.17, 15) is 4.79 Å². The van der Waals surface area contributed by atoms with E-state index in [0.29, 0.717) is 33.5 Å². The van der Waals surface area contributed by atoms with E-state index in [-0.39, 0.29) is 11.7 Å². The summed E-state index contributed by atoms with van der Waals surface area (Å²) in [7, 11) is 1.60. The van der Waals surface area contributed by atoms with Crippen molar-refractivity contribution in [1.82, 2.24) is 30.3 Å². The Morgan fingerprint density at radius 3 is 2.90 bits per heavy atom. The molecular weight excluding hydrogens is 424 g/mol. The topological polar surface area (TPSA) is 94.8 Å². The Balaban J connectivity index is 1.46. The van der Waals surface area contributed by atoms with Gasteiger partial charge in [-0.15, -0.1) is 5.10 Å². The maximum absolute atomic E-state index is 12.3. The third kappa shape index (κ3) is 4.37. The molecule has 0 radical (unpaired) electrons. The number of ether oxygens (including phenoxy) is 1. The van der Waals surface area contributed by atoms with Crippen LogP contribution in [0.4, 0.5) is 0 Å². The number of nitrogens with one attached hydrogen (secondary N) is 1. The van der Waals surface area contributed by atoms with Crippen LogP contribution >= 0.6 is 23.4 Å². The van der Waals surface area contributed by atoms with E-state index in [2.05, 4.69) is 25.6 Å². The van der Waals surface area contributed by atoms with Crippen LogP contribution in [0.25, 0.3) is 16.9 Å². The van der Waals surface area contributed by atoms with Crippen molar-refractivity contribution in [2.24, 2.45) is 0 Å². The van der Waals surface area contributed by atoms with Crippen molar-refractivity contribution >= 4 is 40.4 Å². The van der Waals surface area contributed by atoms with E-state index in [1.165, 1.54) is 18.1 Å². The van der Waals surface area contributed by atoms with Gasteiger partial charge in [0.1, 0.15) is 17.1 Å². The van der Waals surface area contributed by atoms with Crippen molar-refractivity contribution in [3.05, 3.63) is 65.4 Å². The Labute approximate surface area is 181 Å². The normalized spacial score (nSPS) is 10.9. The van der Waals surface area contributed by atoms with E-state index in [1.54, 1.807) is 17.9 Å². The Morgan fingerprint density at radius 2 is 2.07 bits per heavy atom. The number of rotatable bonds is 7. The minimum absolute atomic E-state index is 0.133. The van der Waals surface area contributed by atoms with Gasteiger partial charge in [-0.05, 0) is 23.8 Å². The second kappa shape index (κ2) is 9.10. The molecule has 152 valence electrons. The first-order valence-corrected chi connectivity index (χ1v) is 10.4. The molecular formula is C20H17ClN6O2S. The van der Waals surface area contributed by atoms with Gasteiger partial charge in [-0.3, -0.25) is 4.79 Å². The minimum Gasteiger partial charge on any atom is -0.497 e. The first-order valence-electron chi connectivity index (χ1n) is 8.99. The number of carbonyl (C=O) groups is 1. The molecule has 2 heterocycles. The highest BCUT2D eigenvalue weighted by Gasteiger charge is 2.15. The van der Waals surface area contributed by atoms with Crippen LogP contribution in [0, 0.1) is 0 Å². The van der Waals surface area contributed by atoms with Gasteiger partial charge in [0.2, 0.25) is 5.91 Å². The fourth-order valence-electron chi connectivity index (χ4n) is 2.77. The first kappa shape index (κ1) is 20.1. The molecule has 4 aromatic rings. The fraction of sp³-hybridized carbons (Fsp3) is 0.150. The van der Waals surface area contributed by atoms with E-state index in [1.807, 2.05) is 42.5 Å². The van der Waals surface area contributed by atoms with Gasteiger partial charge < -0.3 is 10.1 Å². The van der Waals surface area contributed by atoms with Crippen molar-refractivity contribution in [3.8, 4) is 11.4 Å². The Kier molecular flexibility index (Phi) is 6.10. The zero-order valence-corrected chi connectivity index (χ0v) is 17.5. The monoisotopic (exact) mass is 440 g/mol. The summed E-state index contributed by atoms with van der Waals surface area (Å²) in [4.78, 5) is 20.8. The van der Waals surface area contributed by atoms with Crippen LogP contribution in [0.2, 0.25) is 5.02 Å². The molecule has 0 fully saturated rings. The molecule has 0 spiro atoms. The highest BCUT2D eigenvalue weighted by molar-refractivity contribution is 8.00. The van der Waals surface area contributed by atoms with Gasteiger partial charge in [0.25, 0.3) is 0 Å². The van der Waals surface area contributed by atoms with Crippen LogP contribution < -0.4 is 10.1 Å². The smallest absolute Gasteiger partial charge is 0.230 e. The summed E-state index contributed by atoms with van der Waals surface area (Å²) >= 11 is 7.40. The third-order valence-corrected chi connectivity index (χ3v) is 5.62. The number of halogens is 1. The van der Waals surface area contributed by atoms with Crippen LogP contribution in [0.5, 0.6) is 5.75 Å². The molecule has 10 heteroatoms. The number of aromatic nitrogens is 5. The number of benzene rings is 2. The molecule has 2 aromatic carbocycles. The molecule has 0 bridgehead atoms. The molecule has 30 heavy (non-hydrogen) atoms. The van der Waals surface area contributed by atoms with Crippen LogP contribution in [-0.2, 0) is 11.3 Å². The lowest BCUT2D eigenvalue weighted by atomic mass is 10.2. The van der Waals surface area contributed by atoms with Gasteiger partial charge >= 0.3 is 0 Å². The standard InChI is InChI=1S/C20H17ClN6O2S/c1-29-15-7-4-6-14(9-15)27-19-18(25-26-27)20(24-12-23-19)30-11-17(28)22-10-13-5-2-3-8-16(13)21/h2-9,12H,10-11H2,1H3,(H,22,28). The van der Waals surface area contributed by atoms with E-state index >= 15 is 0 Å². The lowest BCUT2D eigenvalue weighted by molar-refractivity contribution is -0.118. The lowest BCUT2D eigenvalue weighted by Crippen LogP contribution is -2.24. The highest BCUT2D eigenvalue weighted by atomic mass is 35.5. The molecule has 4 rings (SSSR count). The zero-order chi connectivity index (χ0) is 20.9. The van der Waals surface area contributed by atoms with Crippen LogP contribution in [0.15, 0.2) is 59.9 Å². The summed E-state index contributed by atoms with van der Waals surface area (Å²) in [5.41, 5.74) is 2.72. The summed E-state index contributed by atoms with van der Waals surface area (Å²) in [6, 6.07) is 14.8. The number of nitrogens with zero attached hydrogens (tertiary/aromatic N) is 5. The first-order chi connectivity index (χ1) is 14.7. The molecule has 8 nitrogen and oxygen atoms in total. The minimum atomic E-state index is -0.133. The molecule has 0 aliphatic heterocycles. The van der Waals surface area contributed by atoms with Gasteiger partial charge in [-0.1, -0.05) is 52.8 Å². The second-order valence-corrected chi connectivity index (χ2v) is 7.58. The molecule has 2 aromatic heterocycles. The number of hydrogen-bond donors (Lipinski definition) is 1. The third-order valence-electron chi connectivity index (χ3n) is 4.28. The van der Waals surface area contributed by atoms with E-state index in [0.717, 1.165) is 11.3 Å². The zero-order valence-electron chi connectivity index (χ0n) is 15.9. The number of thioether (sulfide) groups is 1. The van der Waals surface area contributed by atoms with Crippen LogP contribution in [0.1, 0.15) is 5.56 Å². The quantitative estimate of drug-likeness (QED) is 0.348. The maximum atomic E-state index is 12.3. The molecule has 0 unspecified atom stereocenters. The van der Waals surface area contributed by atoms with Gasteiger partial charge in [0.05, 0.1) is 18.6 Å². The summed E-state index contributed by atoms with van der Waals surface area (Å²) < 4.78 is 6.88. The SMILES string of the molecule is COc1cccc(-n2nnc3c(SCC(=O)NCc4ccccc4Cl)ncnc32)c1. The number of carbonyl (C=O) groups excluding carboxylic acids is 1. The summed E-state index contributed by atoms with van der Waals surface area (Å²) in [5.74, 6) is 0.754. The predicted molar refractivity (Wildman–Crippen MR) is 115 cm³/mol. The maximum Gasteiger partial charge on any atom is 0.230 e. The highest BCUT2D eigenvalue weighted by Crippen LogP contribution is 2.25. The van der Waals surface area contributed by atoms with Gasteiger partial charge in [0, 0.05) is 17.6 Å². The van der Waals surface area contributed by atoms with Crippen molar-refractivity contribution in [2.75, 3.05) is 12.9 Å². The van der Waals surface area contributed by atoms with Crippen LogP contribution in [-0.4, -0.2) is 43.7 Å². The lowest BCUT2D eigenvalue weighted by Gasteiger charge is -2.07. The molecule has 0 saturated heterocycles. The molecule has 0 saturated carbocycles. The number of fused-ring (bicyclic) bond motifs is 1. The molecule has 0 atom stereocenters. The molecule has 0 aliphatic carbocycles. The average Bonchev–Trinajstić information content (AvgIpc) is 3.22. The molecule has 1 N–H and O–H groups in total. The van der Waals surface area contributed by atoms with Gasteiger partial charge in [-0.25, -0.2) is 9.97 Å². The summed E-state index contributed by atoms with van der Waals surface area (Å²) in [6.45, 7) is 0.365. The average molecular weight is 441 g/mol. The van der Waals surface area contributed by atoms with Gasteiger partial charge in [-0.2, -0.15) is 4.68 Å². The number of hydrogen-bond acceptors (Lipinski definition) is 7. The molecule has 1 amide bonds. The Morgan fingerprint density at radius 1 is 1.20 bits per heavy atom. The predicted octanol–water partition coefficient (Wildman–Crippen LogP) is 3.28. The second-order valence-electron chi connectivity index (χ2n) is 6.21. The van der Waals surface area contributed by atoms with Crippen molar-refractivity contribution < 1.29 is 9.53 Å². The number of methoxy groups -OCH3 is 1. The molecule has 0 aliphatic rings.